The molecule has 31 heavy (non-hydrogen) atoms. The second kappa shape index (κ2) is 7.85. The molecule has 2 aromatic heterocycles. The standard InChI is InChI=1S/C23H26N4O4/c1-15-7-8-17-18(26(15)23(29)30)9-10-19-22(17)24-20(13-25-11-3-2-6-21(25)28)27(19)16-5-4-12-31-14-16/h2-3,6,9-11,15-16H,4-5,7-8,12-14H2,1H3,(H,29,30)/t15-,16+/m0/s1. The first-order valence-electron chi connectivity index (χ1n) is 10.8. The van der Waals surface area contributed by atoms with Crippen molar-refractivity contribution < 1.29 is 14.6 Å². The molecule has 2 aliphatic heterocycles. The average molecular weight is 422 g/mol. The van der Waals surface area contributed by atoms with E-state index in [-0.39, 0.29) is 17.6 Å². The Morgan fingerprint density at radius 1 is 1.26 bits per heavy atom. The Hall–Kier alpha value is -3.13. The van der Waals surface area contributed by atoms with Crippen LogP contribution in [0.2, 0.25) is 0 Å². The van der Waals surface area contributed by atoms with Gasteiger partial charge in [0.1, 0.15) is 5.82 Å². The molecular weight excluding hydrogens is 396 g/mol. The summed E-state index contributed by atoms with van der Waals surface area (Å²) in [4.78, 5) is 30.7. The van der Waals surface area contributed by atoms with Gasteiger partial charge in [0.25, 0.3) is 5.56 Å². The molecule has 1 amide bonds. The first-order chi connectivity index (χ1) is 15.0. The van der Waals surface area contributed by atoms with E-state index in [2.05, 4.69) is 4.57 Å². The molecule has 0 bridgehead atoms. The summed E-state index contributed by atoms with van der Waals surface area (Å²) in [6, 6.07) is 9.07. The summed E-state index contributed by atoms with van der Waals surface area (Å²) in [5.41, 5.74) is 3.42. The Balaban J connectivity index is 1.69. The number of aromatic nitrogens is 3. The Morgan fingerprint density at radius 2 is 2.13 bits per heavy atom. The van der Waals surface area contributed by atoms with Gasteiger partial charge in [-0.2, -0.15) is 0 Å². The number of nitrogens with zero attached hydrogens (tertiary/aromatic N) is 4. The third-order valence-electron chi connectivity index (χ3n) is 6.45. The third-order valence-corrected chi connectivity index (χ3v) is 6.45. The number of rotatable bonds is 3. The topological polar surface area (TPSA) is 89.6 Å². The molecule has 0 aliphatic carbocycles. The fraction of sp³-hybridized carbons (Fsp3) is 0.435. The van der Waals surface area contributed by atoms with Crippen LogP contribution in [0.1, 0.15) is 43.6 Å². The van der Waals surface area contributed by atoms with Crippen molar-refractivity contribution in [2.24, 2.45) is 0 Å². The van der Waals surface area contributed by atoms with Gasteiger partial charge in [-0.15, -0.1) is 0 Å². The van der Waals surface area contributed by atoms with Gasteiger partial charge in [-0.05, 0) is 50.8 Å². The van der Waals surface area contributed by atoms with Crippen LogP contribution in [0, 0.1) is 0 Å². The fourth-order valence-corrected chi connectivity index (χ4v) is 4.93. The van der Waals surface area contributed by atoms with Gasteiger partial charge in [0, 0.05) is 30.5 Å². The number of amides is 1. The molecule has 1 N–H and O–H groups in total. The molecule has 3 aromatic rings. The number of hydrogen-bond donors (Lipinski definition) is 1. The molecule has 0 spiro atoms. The van der Waals surface area contributed by atoms with Crippen LogP contribution in [0.5, 0.6) is 0 Å². The van der Waals surface area contributed by atoms with Crippen molar-refractivity contribution in [3.63, 3.8) is 0 Å². The van der Waals surface area contributed by atoms with E-state index in [1.807, 2.05) is 25.1 Å². The normalized spacial score (nSPS) is 21.3. The van der Waals surface area contributed by atoms with Gasteiger partial charge >= 0.3 is 6.09 Å². The maximum absolute atomic E-state index is 12.3. The lowest BCUT2D eigenvalue weighted by atomic mass is 9.95. The molecule has 1 fully saturated rings. The highest BCUT2D eigenvalue weighted by molar-refractivity contribution is 5.94. The molecule has 4 heterocycles. The lowest BCUT2D eigenvalue weighted by Crippen LogP contribution is -2.41. The quantitative estimate of drug-likeness (QED) is 0.699. The van der Waals surface area contributed by atoms with Crippen LogP contribution >= 0.6 is 0 Å². The second-order valence-electron chi connectivity index (χ2n) is 8.41. The highest BCUT2D eigenvalue weighted by Gasteiger charge is 2.31. The maximum atomic E-state index is 12.3. The highest BCUT2D eigenvalue weighted by atomic mass is 16.5. The maximum Gasteiger partial charge on any atom is 0.412 e. The largest absolute Gasteiger partial charge is 0.465 e. The zero-order chi connectivity index (χ0) is 21.5. The van der Waals surface area contributed by atoms with Crippen LogP contribution < -0.4 is 10.5 Å². The van der Waals surface area contributed by atoms with Gasteiger partial charge in [-0.25, -0.2) is 9.78 Å². The molecular formula is C23H26N4O4. The van der Waals surface area contributed by atoms with Crippen LogP contribution in [0.4, 0.5) is 10.5 Å². The van der Waals surface area contributed by atoms with Crippen molar-refractivity contribution in [2.45, 2.75) is 51.2 Å². The van der Waals surface area contributed by atoms with Crippen molar-refractivity contribution in [1.29, 1.82) is 0 Å². The minimum absolute atomic E-state index is 0.0707. The number of aryl methyl sites for hydroxylation is 1. The molecule has 5 rings (SSSR count). The molecule has 8 heteroatoms. The van der Waals surface area contributed by atoms with E-state index in [4.69, 9.17) is 9.72 Å². The van der Waals surface area contributed by atoms with Crippen LogP contribution in [0.25, 0.3) is 11.0 Å². The molecule has 1 saturated heterocycles. The van der Waals surface area contributed by atoms with Crippen LogP contribution in [0.15, 0.2) is 41.3 Å². The summed E-state index contributed by atoms with van der Waals surface area (Å²) < 4.78 is 9.61. The number of benzene rings is 1. The molecule has 2 aliphatic rings. The van der Waals surface area contributed by atoms with E-state index >= 15 is 0 Å². The zero-order valence-electron chi connectivity index (χ0n) is 17.5. The summed E-state index contributed by atoms with van der Waals surface area (Å²) >= 11 is 0. The lowest BCUT2D eigenvalue weighted by Gasteiger charge is -2.33. The van der Waals surface area contributed by atoms with Crippen molar-refractivity contribution in [3.05, 3.63) is 58.3 Å². The number of anilines is 1. The van der Waals surface area contributed by atoms with E-state index in [1.54, 1.807) is 22.9 Å². The van der Waals surface area contributed by atoms with Gasteiger partial charge in [-0.1, -0.05) is 6.07 Å². The van der Waals surface area contributed by atoms with Gasteiger partial charge < -0.3 is 19.0 Å². The Labute approximate surface area is 179 Å². The molecule has 0 unspecified atom stereocenters. The Bertz CT molecular complexity index is 1190. The Morgan fingerprint density at radius 3 is 2.87 bits per heavy atom. The SMILES string of the molecule is C[C@H]1CCc2c(ccc3c2nc(Cn2ccccc2=O)n3[C@@H]2CCCOC2)N1C(=O)O. The molecule has 8 nitrogen and oxygen atoms in total. The first-order valence-corrected chi connectivity index (χ1v) is 10.8. The van der Waals surface area contributed by atoms with Gasteiger partial charge in [-0.3, -0.25) is 9.69 Å². The monoisotopic (exact) mass is 422 g/mol. The van der Waals surface area contributed by atoms with Crippen molar-refractivity contribution in [3.8, 4) is 0 Å². The minimum Gasteiger partial charge on any atom is -0.465 e. The Kier molecular flexibility index (Phi) is 5.02. The second-order valence-corrected chi connectivity index (χ2v) is 8.41. The molecule has 2 atom stereocenters. The first kappa shape index (κ1) is 19.8. The van der Waals surface area contributed by atoms with Crippen LogP contribution in [-0.2, 0) is 17.7 Å². The van der Waals surface area contributed by atoms with Crippen molar-refractivity contribution in [1.82, 2.24) is 14.1 Å². The van der Waals surface area contributed by atoms with E-state index in [0.29, 0.717) is 18.8 Å². The van der Waals surface area contributed by atoms with Gasteiger partial charge in [0.15, 0.2) is 0 Å². The average Bonchev–Trinajstić information content (AvgIpc) is 3.13. The number of imidazole rings is 1. The zero-order valence-corrected chi connectivity index (χ0v) is 17.5. The molecule has 0 saturated carbocycles. The predicted octanol–water partition coefficient (Wildman–Crippen LogP) is 3.42. The van der Waals surface area contributed by atoms with Crippen molar-refractivity contribution >= 4 is 22.8 Å². The van der Waals surface area contributed by atoms with Crippen molar-refractivity contribution in [2.75, 3.05) is 18.1 Å². The van der Waals surface area contributed by atoms with Crippen LogP contribution in [0.3, 0.4) is 0 Å². The highest BCUT2D eigenvalue weighted by Crippen LogP contribution is 2.38. The molecule has 0 radical (unpaired) electrons. The van der Waals surface area contributed by atoms with E-state index < -0.39 is 6.09 Å². The summed E-state index contributed by atoms with van der Waals surface area (Å²) in [5, 5.41) is 9.76. The summed E-state index contributed by atoms with van der Waals surface area (Å²) in [7, 11) is 0. The number of ether oxygens (including phenoxy) is 1. The summed E-state index contributed by atoms with van der Waals surface area (Å²) in [6.07, 6.45) is 4.32. The smallest absolute Gasteiger partial charge is 0.412 e. The summed E-state index contributed by atoms with van der Waals surface area (Å²) in [6.45, 7) is 3.67. The van der Waals surface area contributed by atoms with E-state index in [9.17, 15) is 14.7 Å². The molecule has 1 aromatic carbocycles. The van der Waals surface area contributed by atoms with Gasteiger partial charge in [0.05, 0.1) is 35.9 Å². The van der Waals surface area contributed by atoms with Crippen LogP contribution in [-0.4, -0.2) is 44.6 Å². The van der Waals surface area contributed by atoms with E-state index in [1.165, 1.54) is 4.90 Å². The number of pyridine rings is 1. The fourth-order valence-electron chi connectivity index (χ4n) is 4.93. The third kappa shape index (κ3) is 3.40. The summed E-state index contributed by atoms with van der Waals surface area (Å²) in [5.74, 6) is 0.799. The number of carbonyl (C=O) groups is 1. The number of carboxylic acid groups (broad SMARTS) is 1. The van der Waals surface area contributed by atoms with Gasteiger partial charge in [0.2, 0.25) is 0 Å². The predicted molar refractivity (Wildman–Crippen MR) is 117 cm³/mol. The number of fused-ring (bicyclic) bond motifs is 3. The minimum atomic E-state index is -0.941. The van der Waals surface area contributed by atoms with E-state index in [0.717, 1.165) is 54.7 Å². The number of hydrogen-bond acceptors (Lipinski definition) is 4. The molecule has 162 valence electrons. The lowest BCUT2D eigenvalue weighted by molar-refractivity contribution is 0.0594.